The number of amides is 1. The van der Waals surface area contributed by atoms with Crippen molar-refractivity contribution in [1.29, 1.82) is 5.41 Å². The van der Waals surface area contributed by atoms with Crippen molar-refractivity contribution in [2.75, 3.05) is 20.3 Å². The molecular formula is C19H30N3O4+. The Balaban J connectivity index is 2.78. The van der Waals surface area contributed by atoms with Gasteiger partial charge in [0.25, 0.3) is 0 Å². The van der Waals surface area contributed by atoms with Crippen LogP contribution in [-0.4, -0.2) is 59.7 Å². The molecule has 0 spiro atoms. The first kappa shape index (κ1) is 21.6. The predicted octanol–water partition coefficient (Wildman–Crippen LogP) is 2.60. The van der Waals surface area contributed by atoms with Gasteiger partial charge in [0.2, 0.25) is 0 Å². The fourth-order valence-electron chi connectivity index (χ4n) is 2.20. The number of benzene rings is 1. The number of nitrogens with zero attached hydrogens (tertiary/aromatic N) is 2. The summed E-state index contributed by atoms with van der Waals surface area (Å²) in [4.78, 5) is 17.6. The quantitative estimate of drug-likeness (QED) is 0.457. The number of carbonyl (C=O) groups is 1. The van der Waals surface area contributed by atoms with Crippen molar-refractivity contribution in [3.8, 4) is 0 Å². The van der Waals surface area contributed by atoms with Crippen molar-refractivity contribution < 1.29 is 19.4 Å². The molecule has 3 N–H and O–H groups in total. The Morgan fingerprint density at radius 1 is 1.31 bits per heavy atom. The van der Waals surface area contributed by atoms with Gasteiger partial charge in [0.15, 0.2) is 6.61 Å². The predicted molar refractivity (Wildman–Crippen MR) is 103 cm³/mol. The van der Waals surface area contributed by atoms with Gasteiger partial charge in [-0.25, -0.2) is 4.79 Å². The molecule has 0 fully saturated rings. The minimum Gasteiger partial charge on any atom is -0.580 e. The summed E-state index contributed by atoms with van der Waals surface area (Å²) in [6.07, 6.45) is 0.183. The average molecular weight is 364 g/mol. The number of hydrogen-bond donors (Lipinski definition) is 1. The number of aliphatic imine (C=N–C) groups is 1. The fourth-order valence-corrected chi connectivity index (χ4v) is 2.20. The molecule has 1 atom stereocenters. The normalized spacial score (nSPS) is 13.2. The SMILES string of the molecule is CC(=N)N=C([OH2+])COC[C@@H](Cc1ccccc1)N(C)C(=O)OC(C)(C)C. The van der Waals surface area contributed by atoms with Crippen LogP contribution in [0.4, 0.5) is 4.79 Å². The number of amidine groups is 1. The van der Waals surface area contributed by atoms with Gasteiger partial charge in [-0.05, 0) is 39.7 Å². The standard InChI is InChI=1S/C19H29N3O4/c1-14(20)21-17(23)13-25-12-16(11-15-9-7-6-8-10-15)22(5)18(24)26-19(2,3)4/h6-10,16H,11-13H2,1-5H3,(H2,20,21,23)/p+1/t16-/m1/s1. The monoisotopic (exact) mass is 364 g/mol. The molecule has 7 nitrogen and oxygen atoms in total. The highest BCUT2D eigenvalue weighted by Gasteiger charge is 2.26. The first-order chi connectivity index (χ1) is 12.1. The lowest BCUT2D eigenvalue weighted by Gasteiger charge is -2.30. The van der Waals surface area contributed by atoms with Crippen molar-refractivity contribution in [3.63, 3.8) is 0 Å². The first-order valence-corrected chi connectivity index (χ1v) is 8.50. The van der Waals surface area contributed by atoms with Crippen LogP contribution in [0.15, 0.2) is 35.3 Å². The van der Waals surface area contributed by atoms with E-state index >= 15 is 0 Å². The molecule has 1 aromatic carbocycles. The molecule has 0 aliphatic rings. The van der Waals surface area contributed by atoms with Gasteiger partial charge in [0.05, 0.1) is 12.6 Å². The van der Waals surface area contributed by atoms with E-state index < -0.39 is 11.7 Å². The Morgan fingerprint density at radius 3 is 2.46 bits per heavy atom. The average Bonchev–Trinajstić information content (AvgIpc) is 2.52. The number of ether oxygens (including phenoxy) is 2. The summed E-state index contributed by atoms with van der Waals surface area (Å²) >= 11 is 0. The smallest absolute Gasteiger partial charge is 0.410 e. The number of nitrogens with one attached hydrogen (secondary N) is 1. The topological polar surface area (TPSA) is 97.9 Å². The lowest BCUT2D eigenvalue weighted by atomic mass is 10.1. The van der Waals surface area contributed by atoms with Crippen molar-refractivity contribution in [3.05, 3.63) is 35.9 Å². The highest BCUT2D eigenvalue weighted by atomic mass is 16.6. The van der Waals surface area contributed by atoms with Gasteiger partial charge >= 0.3 is 12.0 Å². The van der Waals surface area contributed by atoms with E-state index in [0.29, 0.717) is 6.42 Å². The van der Waals surface area contributed by atoms with E-state index in [0.717, 1.165) is 5.56 Å². The number of likely N-dealkylation sites (N-methyl/N-ethyl adjacent to an activating group) is 1. The molecular weight excluding hydrogens is 334 g/mol. The Hall–Kier alpha value is -2.41. The van der Waals surface area contributed by atoms with Gasteiger partial charge in [-0.1, -0.05) is 30.3 Å². The Labute approximate surface area is 155 Å². The van der Waals surface area contributed by atoms with Crippen LogP contribution in [0.2, 0.25) is 0 Å². The molecule has 0 aliphatic heterocycles. The maximum Gasteiger partial charge on any atom is 0.410 e. The molecule has 0 aliphatic carbocycles. The highest BCUT2D eigenvalue weighted by molar-refractivity contribution is 5.91. The van der Waals surface area contributed by atoms with Crippen molar-refractivity contribution in [1.82, 2.24) is 4.90 Å². The Morgan fingerprint density at radius 2 is 1.92 bits per heavy atom. The zero-order chi connectivity index (χ0) is 19.7. The molecule has 0 aromatic heterocycles. The summed E-state index contributed by atoms with van der Waals surface area (Å²) in [5, 5.41) is 14.9. The summed E-state index contributed by atoms with van der Waals surface area (Å²) in [6, 6.07) is 9.57. The van der Waals surface area contributed by atoms with E-state index in [1.54, 1.807) is 7.05 Å². The third-order valence-electron chi connectivity index (χ3n) is 3.40. The second-order valence-corrected chi connectivity index (χ2v) is 7.09. The lowest BCUT2D eigenvalue weighted by molar-refractivity contribution is 0.0109. The summed E-state index contributed by atoms with van der Waals surface area (Å²) < 4.78 is 11.0. The summed E-state index contributed by atoms with van der Waals surface area (Å²) in [5.74, 6) is 0.0428. The van der Waals surface area contributed by atoms with Gasteiger partial charge in [-0.15, -0.1) is 0 Å². The summed E-state index contributed by atoms with van der Waals surface area (Å²) in [7, 11) is 1.68. The Bertz CT molecular complexity index is 623. The molecule has 1 amide bonds. The molecule has 26 heavy (non-hydrogen) atoms. The van der Waals surface area contributed by atoms with Gasteiger partial charge in [0, 0.05) is 7.05 Å². The van der Waals surface area contributed by atoms with E-state index in [4.69, 9.17) is 20.0 Å². The van der Waals surface area contributed by atoms with E-state index in [-0.39, 0.29) is 31.0 Å². The van der Waals surface area contributed by atoms with Crippen molar-refractivity contribution in [2.45, 2.75) is 45.8 Å². The highest BCUT2D eigenvalue weighted by Crippen LogP contribution is 2.14. The first-order valence-electron chi connectivity index (χ1n) is 8.50. The van der Waals surface area contributed by atoms with Crippen molar-refractivity contribution in [2.24, 2.45) is 4.99 Å². The van der Waals surface area contributed by atoms with E-state index in [1.165, 1.54) is 11.8 Å². The molecule has 144 valence electrons. The van der Waals surface area contributed by atoms with Crippen LogP contribution in [0, 0.1) is 5.41 Å². The lowest BCUT2D eigenvalue weighted by Crippen LogP contribution is -2.44. The number of hydrogen-bond acceptors (Lipinski definition) is 4. The molecule has 0 heterocycles. The molecule has 0 radical (unpaired) electrons. The second-order valence-electron chi connectivity index (χ2n) is 7.09. The molecule has 1 aromatic rings. The molecule has 1 rings (SSSR count). The third-order valence-corrected chi connectivity index (χ3v) is 3.40. The van der Waals surface area contributed by atoms with Crippen LogP contribution in [0.5, 0.6) is 0 Å². The van der Waals surface area contributed by atoms with E-state index in [1.807, 2.05) is 51.1 Å². The zero-order valence-corrected chi connectivity index (χ0v) is 16.2. The van der Waals surface area contributed by atoms with Gasteiger partial charge < -0.3 is 19.5 Å². The van der Waals surface area contributed by atoms with Crippen LogP contribution in [0.1, 0.15) is 33.3 Å². The molecule has 0 saturated heterocycles. The summed E-state index contributed by atoms with van der Waals surface area (Å²) in [5.41, 5.74) is 0.498. The van der Waals surface area contributed by atoms with Gasteiger partial charge in [-0.2, -0.15) is 4.99 Å². The van der Waals surface area contributed by atoms with Crippen LogP contribution in [-0.2, 0) is 15.9 Å². The minimum absolute atomic E-state index is 0.0102. The van der Waals surface area contributed by atoms with Crippen molar-refractivity contribution >= 4 is 17.8 Å². The maximum absolute atomic E-state index is 12.4. The second kappa shape index (κ2) is 9.91. The molecule has 0 unspecified atom stereocenters. The number of rotatable bonds is 7. The minimum atomic E-state index is -0.577. The molecule has 0 bridgehead atoms. The third kappa shape index (κ3) is 8.62. The Kier molecular flexibility index (Phi) is 8.25. The van der Waals surface area contributed by atoms with E-state index in [2.05, 4.69) is 4.99 Å². The summed E-state index contributed by atoms with van der Waals surface area (Å²) in [6.45, 7) is 7.20. The molecule has 7 heteroatoms. The maximum atomic E-state index is 12.4. The van der Waals surface area contributed by atoms with Gasteiger partial charge in [-0.3, -0.25) is 5.41 Å². The van der Waals surface area contributed by atoms with Crippen LogP contribution >= 0.6 is 0 Å². The van der Waals surface area contributed by atoms with Crippen LogP contribution in [0.3, 0.4) is 0 Å². The fraction of sp³-hybridized carbons (Fsp3) is 0.526. The number of carbonyl (C=O) groups excluding carboxylic acids is 1. The van der Waals surface area contributed by atoms with Gasteiger partial charge in [0.1, 0.15) is 11.4 Å². The molecule has 0 saturated carbocycles. The zero-order valence-electron chi connectivity index (χ0n) is 16.2. The largest absolute Gasteiger partial charge is 0.580 e. The van der Waals surface area contributed by atoms with Crippen LogP contribution in [0.25, 0.3) is 0 Å². The van der Waals surface area contributed by atoms with Crippen LogP contribution < -0.4 is 0 Å². The van der Waals surface area contributed by atoms with E-state index in [9.17, 15) is 4.79 Å².